The van der Waals surface area contributed by atoms with E-state index in [1.165, 1.54) is 23.5 Å². The Labute approximate surface area is 120 Å². The zero-order valence-corrected chi connectivity index (χ0v) is 12.4. The van der Waals surface area contributed by atoms with Crippen LogP contribution in [0.5, 0.6) is 5.75 Å². The van der Waals surface area contributed by atoms with E-state index in [-0.39, 0.29) is 0 Å². The van der Waals surface area contributed by atoms with Crippen molar-refractivity contribution in [2.75, 3.05) is 37.7 Å². The van der Waals surface area contributed by atoms with Crippen molar-refractivity contribution in [1.82, 2.24) is 4.90 Å². The molecule has 0 bridgehead atoms. The summed E-state index contributed by atoms with van der Waals surface area (Å²) in [6.07, 6.45) is 0.806. The Balaban J connectivity index is 1.71. The van der Waals surface area contributed by atoms with Gasteiger partial charge in [0.15, 0.2) is 0 Å². The van der Waals surface area contributed by atoms with Gasteiger partial charge in [-0.05, 0) is 37.8 Å². The Morgan fingerprint density at radius 2 is 2.05 bits per heavy atom. The molecule has 0 amide bonds. The highest BCUT2D eigenvalue weighted by Crippen LogP contribution is 2.13. The van der Waals surface area contributed by atoms with Gasteiger partial charge in [0.05, 0.1) is 0 Å². The highest BCUT2D eigenvalue weighted by atomic mass is 32.2. The van der Waals surface area contributed by atoms with Crippen LogP contribution >= 0.6 is 11.8 Å². The van der Waals surface area contributed by atoms with E-state index in [4.69, 9.17) is 4.74 Å². The minimum absolute atomic E-state index is 0.368. The SMILES string of the molecule is Cc1ccc(OCC(O)CN2CCCSCC2)cc1. The third-order valence-corrected chi connectivity index (χ3v) is 4.30. The number of rotatable bonds is 5. The normalized spacial score (nSPS) is 18.8. The fourth-order valence-corrected chi connectivity index (χ4v) is 3.08. The molecule has 2 rings (SSSR count). The summed E-state index contributed by atoms with van der Waals surface area (Å²) >= 11 is 2.00. The quantitative estimate of drug-likeness (QED) is 0.896. The lowest BCUT2D eigenvalue weighted by Gasteiger charge is -2.22. The minimum Gasteiger partial charge on any atom is -0.491 e. The third-order valence-electron chi connectivity index (χ3n) is 3.25. The van der Waals surface area contributed by atoms with Crippen LogP contribution in [0.3, 0.4) is 0 Å². The number of aliphatic hydroxyl groups is 1. The summed E-state index contributed by atoms with van der Waals surface area (Å²) < 4.78 is 5.61. The van der Waals surface area contributed by atoms with E-state index in [1.54, 1.807) is 0 Å². The number of nitrogens with zero attached hydrogens (tertiary/aromatic N) is 1. The molecule has 0 aliphatic carbocycles. The Morgan fingerprint density at radius 3 is 2.84 bits per heavy atom. The van der Waals surface area contributed by atoms with Crippen LogP contribution in [0, 0.1) is 6.92 Å². The minimum atomic E-state index is -0.413. The van der Waals surface area contributed by atoms with E-state index in [1.807, 2.05) is 36.0 Å². The number of aliphatic hydroxyl groups excluding tert-OH is 1. The molecule has 1 aliphatic rings. The molecule has 1 N–H and O–H groups in total. The van der Waals surface area contributed by atoms with Gasteiger partial charge < -0.3 is 9.84 Å². The number of β-amino-alcohol motifs (C(OH)–C–C–N with tert-alkyl or cyclic N) is 1. The summed E-state index contributed by atoms with van der Waals surface area (Å²) in [5, 5.41) is 10.0. The van der Waals surface area contributed by atoms with Crippen molar-refractivity contribution in [3.05, 3.63) is 29.8 Å². The molecule has 0 radical (unpaired) electrons. The fraction of sp³-hybridized carbons (Fsp3) is 0.600. The van der Waals surface area contributed by atoms with E-state index in [0.29, 0.717) is 13.2 Å². The third kappa shape index (κ3) is 5.43. The number of hydrogen-bond acceptors (Lipinski definition) is 4. The monoisotopic (exact) mass is 281 g/mol. The Bertz CT molecular complexity index is 361. The second-order valence-corrected chi connectivity index (χ2v) is 6.27. The molecule has 1 aliphatic heterocycles. The first-order valence-corrected chi connectivity index (χ1v) is 8.07. The Morgan fingerprint density at radius 1 is 1.26 bits per heavy atom. The lowest BCUT2D eigenvalue weighted by Crippen LogP contribution is -2.36. The first kappa shape index (κ1) is 14.7. The van der Waals surface area contributed by atoms with Crippen LogP contribution in [0.25, 0.3) is 0 Å². The predicted molar refractivity (Wildman–Crippen MR) is 81.1 cm³/mol. The van der Waals surface area contributed by atoms with Crippen molar-refractivity contribution in [2.45, 2.75) is 19.4 Å². The first-order chi connectivity index (χ1) is 9.24. The summed E-state index contributed by atoms with van der Waals surface area (Å²) in [5.41, 5.74) is 1.22. The van der Waals surface area contributed by atoms with Crippen LogP contribution in [0.1, 0.15) is 12.0 Å². The van der Waals surface area contributed by atoms with Gasteiger partial charge in [-0.25, -0.2) is 0 Å². The Hall–Kier alpha value is -0.710. The highest BCUT2D eigenvalue weighted by molar-refractivity contribution is 7.99. The molecule has 1 unspecified atom stereocenters. The molecule has 0 aromatic heterocycles. The molecule has 1 aromatic carbocycles. The van der Waals surface area contributed by atoms with E-state index < -0.39 is 6.10 Å². The van der Waals surface area contributed by atoms with Crippen LogP contribution in [-0.4, -0.2) is 53.9 Å². The summed E-state index contributed by atoms with van der Waals surface area (Å²) in [7, 11) is 0. The maximum atomic E-state index is 10.0. The van der Waals surface area contributed by atoms with Gasteiger partial charge in [0.2, 0.25) is 0 Å². The van der Waals surface area contributed by atoms with Crippen LogP contribution in [-0.2, 0) is 0 Å². The first-order valence-electron chi connectivity index (χ1n) is 6.91. The molecular formula is C15H23NO2S. The van der Waals surface area contributed by atoms with Gasteiger partial charge in [-0.3, -0.25) is 4.90 Å². The van der Waals surface area contributed by atoms with E-state index in [0.717, 1.165) is 18.8 Å². The van der Waals surface area contributed by atoms with Crippen LogP contribution in [0.4, 0.5) is 0 Å². The van der Waals surface area contributed by atoms with Gasteiger partial charge in [-0.2, -0.15) is 11.8 Å². The summed E-state index contributed by atoms with van der Waals surface area (Å²) in [5.74, 6) is 3.24. The molecule has 0 spiro atoms. The second-order valence-electron chi connectivity index (χ2n) is 5.04. The van der Waals surface area contributed by atoms with Crippen LogP contribution < -0.4 is 4.74 Å². The van der Waals surface area contributed by atoms with Gasteiger partial charge in [0, 0.05) is 18.8 Å². The lowest BCUT2D eigenvalue weighted by molar-refractivity contribution is 0.0708. The number of hydrogen-bond donors (Lipinski definition) is 1. The molecule has 106 valence electrons. The molecule has 19 heavy (non-hydrogen) atoms. The number of ether oxygens (including phenoxy) is 1. The molecule has 1 saturated heterocycles. The average Bonchev–Trinajstić information content (AvgIpc) is 2.67. The van der Waals surface area contributed by atoms with Gasteiger partial charge >= 0.3 is 0 Å². The van der Waals surface area contributed by atoms with Gasteiger partial charge in [-0.1, -0.05) is 17.7 Å². The summed E-state index contributed by atoms with van der Waals surface area (Å²) in [6.45, 7) is 5.30. The number of thioether (sulfide) groups is 1. The van der Waals surface area contributed by atoms with Gasteiger partial charge in [0.25, 0.3) is 0 Å². The molecule has 1 fully saturated rings. The van der Waals surface area contributed by atoms with Crippen molar-refractivity contribution in [3.63, 3.8) is 0 Å². The standard InChI is InChI=1S/C15H23NO2S/c1-13-3-5-15(6-4-13)18-12-14(17)11-16-7-2-9-19-10-8-16/h3-6,14,17H,2,7-12H2,1H3. The number of benzene rings is 1. The lowest BCUT2D eigenvalue weighted by atomic mass is 10.2. The van der Waals surface area contributed by atoms with Gasteiger partial charge in [0.1, 0.15) is 18.5 Å². The Kier molecular flexibility index (Phi) is 6.01. The predicted octanol–water partition coefficient (Wildman–Crippen LogP) is 2.17. The topological polar surface area (TPSA) is 32.7 Å². The van der Waals surface area contributed by atoms with Crippen molar-refractivity contribution >= 4 is 11.8 Å². The van der Waals surface area contributed by atoms with E-state index in [2.05, 4.69) is 11.8 Å². The van der Waals surface area contributed by atoms with E-state index in [9.17, 15) is 5.11 Å². The van der Waals surface area contributed by atoms with Crippen molar-refractivity contribution in [2.24, 2.45) is 0 Å². The fourth-order valence-electron chi connectivity index (χ4n) is 2.16. The molecule has 1 atom stereocenters. The highest BCUT2D eigenvalue weighted by Gasteiger charge is 2.14. The van der Waals surface area contributed by atoms with Crippen molar-refractivity contribution in [3.8, 4) is 5.75 Å². The zero-order valence-electron chi connectivity index (χ0n) is 11.5. The maximum absolute atomic E-state index is 10.0. The zero-order chi connectivity index (χ0) is 13.5. The molecule has 4 heteroatoms. The molecular weight excluding hydrogens is 258 g/mol. The van der Waals surface area contributed by atoms with E-state index >= 15 is 0 Å². The maximum Gasteiger partial charge on any atom is 0.119 e. The second kappa shape index (κ2) is 7.78. The summed E-state index contributed by atoms with van der Waals surface area (Å²) in [6, 6.07) is 7.94. The number of aryl methyl sites for hydroxylation is 1. The van der Waals surface area contributed by atoms with Crippen LogP contribution in [0.15, 0.2) is 24.3 Å². The van der Waals surface area contributed by atoms with Gasteiger partial charge in [-0.15, -0.1) is 0 Å². The molecule has 0 saturated carbocycles. The molecule has 3 nitrogen and oxygen atoms in total. The summed E-state index contributed by atoms with van der Waals surface area (Å²) in [4.78, 5) is 2.34. The largest absolute Gasteiger partial charge is 0.491 e. The average molecular weight is 281 g/mol. The smallest absolute Gasteiger partial charge is 0.119 e. The van der Waals surface area contributed by atoms with Crippen LogP contribution in [0.2, 0.25) is 0 Å². The van der Waals surface area contributed by atoms with Crippen molar-refractivity contribution < 1.29 is 9.84 Å². The molecule has 1 aromatic rings. The molecule has 1 heterocycles. The van der Waals surface area contributed by atoms with Crippen molar-refractivity contribution in [1.29, 1.82) is 0 Å².